The number of carbonyl (C=O) groups is 1. The maximum Gasteiger partial charge on any atom is 0.233 e. The van der Waals surface area contributed by atoms with Gasteiger partial charge in [-0.25, -0.2) is 0 Å². The minimum atomic E-state index is -0.00252. The van der Waals surface area contributed by atoms with Gasteiger partial charge in [-0.15, -0.1) is 0 Å². The van der Waals surface area contributed by atoms with E-state index in [0.29, 0.717) is 0 Å². The molecule has 2 aliphatic rings. The van der Waals surface area contributed by atoms with Gasteiger partial charge < -0.3 is 9.80 Å². The number of nitrogens with zero attached hydrogens (tertiary/aromatic N) is 2. The number of allylic oxidation sites excluding steroid dienone is 3. The fraction of sp³-hybridized carbons (Fsp3) is 0.667. The van der Waals surface area contributed by atoms with Crippen LogP contribution in [-0.2, 0) is 4.79 Å². The Kier molecular flexibility index (Phi) is 4.23. The first-order valence-corrected chi connectivity index (χ1v) is 6.98. The van der Waals surface area contributed by atoms with Crippen LogP contribution in [0.25, 0.3) is 0 Å². The standard InChI is InChI=1S/C15H24N2O/c1-12-10-13(2)15(18)17(14(3)11-12)9-8-16-6-4-5-7-16/h10-11,13H,4-9H2,1-3H3/t13-/m1/s1. The summed E-state index contributed by atoms with van der Waals surface area (Å²) in [5, 5.41) is 0. The average Bonchev–Trinajstić information content (AvgIpc) is 2.78. The summed E-state index contributed by atoms with van der Waals surface area (Å²) in [6.07, 6.45) is 6.78. The van der Waals surface area contributed by atoms with E-state index >= 15 is 0 Å². The summed E-state index contributed by atoms with van der Waals surface area (Å²) < 4.78 is 0. The normalized spacial score (nSPS) is 26.1. The Morgan fingerprint density at radius 1 is 1.22 bits per heavy atom. The fourth-order valence-electron chi connectivity index (χ4n) is 2.87. The molecule has 1 atom stereocenters. The third kappa shape index (κ3) is 3.02. The smallest absolute Gasteiger partial charge is 0.233 e. The van der Waals surface area contributed by atoms with Crippen molar-refractivity contribution in [2.75, 3.05) is 26.2 Å². The average molecular weight is 248 g/mol. The lowest BCUT2D eigenvalue weighted by Gasteiger charge is -2.26. The van der Waals surface area contributed by atoms with E-state index in [1.54, 1.807) is 0 Å². The lowest BCUT2D eigenvalue weighted by atomic mass is 10.1. The lowest BCUT2D eigenvalue weighted by Crippen LogP contribution is -2.38. The largest absolute Gasteiger partial charge is 0.315 e. The second kappa shape index (κ2) is 5.70. The van der Waals surface area contributed by atoms with E-state index in [-0.39, 0.29) is 11.8 Å². The van der Waals surface area contributed by atoms with Crippen LogP contribution in [0.2, 0.25) is 0 Å². The van der Waals surface area contributed by atoms with Crippen LogP contribution >= 0.6 is 0 Å². The highest BCUT2D eigenvalue weighted by atomic mass is 16.2. The van der Waals surface area contributed by atoms with Crippen LogP contribution in [-0.4, -0.2) is 41.9 Å². The molecule has 2 aliphatic heterocycles. The molecule has 0 aromatic heterocycles. The Hall–Kier alpha value is -1.09. The topological polar surface area (TPSA) is 23.6 Å². The third-order valence-electron chi connectivity index (χ3n) is 3.87. The Labute approximate surface area is 110 Å². The van der Waals surface area contributed by atoms with Crippen LogP contribution in [0, 0.1) is 5.92 Å². The second-order valence-electron chi connectivity index (χ2n) is 5.52. The van der Waals surface area contributed by atoms with E-state index in [9.17, 15) is 4.79 Å². The molecule has 0 spiro atoms. The summed E-state index contributed by atoms with van der Waals surface area (Å²) in [4.78, 5) is 16.7. The fourth-order valence-corrected chi connectivity index (χ4v) is 2.87. The Morgan fingerprint density at radius 3 is 2.56 bits per heavy atom. The summed E-state index contributed by atoms with van der Waals surface area (Å²) in [6.45, 7) is 10.3. The van der Waals surface area contributed by atoms with Crippen molar-refractivity contribution in [3.05, 3.63) is 23.4 Å². The van der Waals surface area contributed by atoms with Crippen molar-refractivity contribution >= 4 is 5.91 Å². The molecule has 1 amide bonds. The molecule has 2 rings (SSSR count). The monoisotopic (exact) mass is 248 g/mol. The zero-order valence-corrected chi connectivity index (χ0v) is 11.8. The number of amides is 1. The van der Waals surface area contributed by atoms with Crippen LogP contribution in [0.5, 0.6) is 0 Å². The quantitative estimate of drug-likeness (QED) is 0.766. The van der Waals surface area contributed by atoms with Gasteiger partial charge in [0.25, 0.3) is 0 Å². The second-order valence-corrected chi connectivity index (χ2v) is 5.52. The van der Waals surface area contributed by atoms with E-state index in [4.69, 9.17) is 0 Å². The highest BCUT2D eigenvalue weighted by Crippen LogP contribution is 2.19. The van der Waals surface area contributed by atoms with Gasteiger partial charge in [0, 0.05) is 18.8 Å². The highest BCUT2D eigenvalue weighted by Gasteiger charge is 2.23. The highest BCUT2D eigenvalue weighted by molar-refractivity contribution is 5.82. The lowest BCUT2D eigenvalue weighted by molar-refractivity contribution is -0.131. The van der Waals surface area contributed by atoms with Crippen molar-refractivity contribution in [3.8, 4) is 0 Å². The molecular weight excluding hydrogens is 224 g/mol. The maximum atomic E-state index is 12.3. The molecule has 18 heavy (non-hydrogen) atoms. The van der Waals surface area contributed by atoms with Gasteiger partial charge in [-0.2, -0.15) is 0 Å². The summed E-state index contributed by atoms with van der Waals surface area (Å²) in [6, 6.07) is 0. The van der Waals surface area contributed by atoms with Crippen molar-refractivity contribution in [2.45, 2.75) is 33.6 Å². The zero-order chi connectivity index (χ0) is 13.1. The molecule has 100 valence electrons. The molecule has 0 bridgehead atoms. The molecule has 1 saturated heterocycles. The van der Waals surface area contributed by atoms with Gasteiger partial charge in [-0.3, -0.25) is 4.79 Å². The van der Waals surface area contributed by atoms with Gasteiger partial charge in [0.2, 0.25) is 5.91 Å². The molecule has 0 unspecified atom stereocenters. The van der Waals surface area contributed by atoms with Crippen LogP contribution in [0.15, 0.2) is 23.4 Å². The first kappa shape index (κ1) is 13.3. The minimum absolute atomic E-state index is 0.00252. The summed E-state index contributed by atoms with van der Waals surface area (Å²) in [7, 11) is 0. The van der Waals surface area contributed by atoms with Gasteiger partial charge in [0.15, 0.2) is 0 Å². The van der Waals surface area contributed by atoms with Crippen molar-refractivity contribution in [3.63, 3.8) is 0 Å². The van der Waals surface area contributed by atoms with E-state index < -0.39 is 0 Å². The predicted octanol–water partition coefficient (Wildman–Crippen LogP) is 2.41. The maximum absolute atomic E-state index is 12.3. The molecule has 0 saturated carbocycles. The van der Waals surface area contributed by atoms with Gasteiger partial charge in [-0.1, -0.05) is 18.6 Å². The van der Waals surface area contributed by atoms with Crippen LogP contribution in [0.4, 0.5) is 0 Å². The number of hydrogen-bond acceptors (Lipinski definition) is 2. The van der Waals surface area contributed by atoms with E-state index in [2.05, 4.69) is 24.0 Å². The first-order valence-electron chi connectivity index (χ1n) is 6.98. The summed E-state index contributed by atoms with van der Waals surface area (Å²) in [5.74, 6) is 0.233. The summed E-state index contributed by atoms with van der Waals surface area (Å²) >= 11 is 0. The molecule has 3 nitrogen and oxygen atoms in total. The van der Waals surface area contributed by atoms with Gasteiger partial charge in [0.1, 0.15) is 0 Å². The Balaban J connectivity index is 2.01. The van der Waals surface area contributed by atoms with Gasteiger partial charge in [-0.05, 0) is 45.9 Å². The SMILES string of the molecule is CC1=C[C@@H](C)C(=O)N(CCN2CCCC2)C(C)=C1. The summed E-state index contributed by atoms with van der Waals surface area (Å²) in [5.41, 5.74) is 2.27. The van der Waals surface area contributed by atoms with Crippen molar-refractivity contribution < 1.29 is 4.79 Å². The molecular formula is C15H24N2O. The molecule has 1 fully saturated rings. The van der Waals surface area contributed by atoms with Crippen molar-refractivity contribution in [2.24, 2.45) is 5.92 Å². The first-order chi connectivity index (χ1) is 8.58. The van der Waals surface area contributed by atoms with Gasteiger partial charge >= 0.3 is 0 Å². The van der Waals surface area contributed by atoms with E-state index in [0.717, 1.165) is 18.8 Å². The number of hydrogen-bond donors (Lipinski definition) is 0. The molecule has 0 radical (unpaired) electrons. The number of rotatable bonds is 3. The molecule has 0 aliphatic carbocycles. The molecule has 3 heteroatoms. The van der Waals surface area contributed by atoms with Crippen molar-refractivity contribution in [1.29, 1.82) is 0 Å². The van der Waals surface area contributed by atoms with E-state index in [1.165, 1.54) is 31.5 Å². The van der Waals surface area contributed by atoms with E-state index in [1.807, 2.05) is 18.7 Å². The van der Waals surface area contributed by atoms with Crippen LogP contribution in [0.1, 0.15) is 33.6 Å². The van der Waals surface area contributed by atoms with Gasteiger partial charge in [0.05, 0.1) is 5.92 Å². The molecule has 0 N–H and O–H groups in total. The zero-order valence-electron chi connectivity index (χ0n) is 11.8. The Morgan fingerprint density at radius 2 is 1.89 bits per heavy atom. The number of carbonyl (C=O) groups excluding carboxylic acids is 1. The molecule has 2 heterocycles. The minimum Gasteiger partial charge on any atom is -0.315 e. The van der Waals surface area contributed by atoms with Crippen LogP contribution in [0.3, 0.4) is 0 Å². The predicted molar refractivity (Wildman–Crippen MR) is 74.1 cm³/mol. The van der Waals surface area contributed by atoms with Crippen LogP contribution < -0.4 is 0 Å². The third-order valence-corrected chi connectivity index (χ3v) is 3.87. The van der Waals surface area contributed by atoms with Crippen molar-refractivity contribution in [1.82, 2.24) is 9.80 Å². The Bertz CT molecular complexity index is 378. The molecule has 0 aromatic rings. The number of likely N-dealkylation sites (tertiary alicyclic amines) is 1. The molecule has 0 aromatic carbocycles.